The molecule has 0 aliphatic heterocycles. The zero-order chi connectivity index (χ0) is 8.74. The first-order valence-electron chi connectivity index (χ1n) is 4.05. The van der Waals surface area contributed by atoms with Crippen molar-refractivity contribution >= 4 is 8.58 Å². The number of aliphatic hydroxyl groups excluding tert-OH is 1. The van der Waals surface area contributed by atoms with E-state index in [1.54, 1.807) is 0 Å². The first kappa shape index (κ1) is 10.8. The molecule has 2 heteroatoms. The standard InChI is InChI=1S/C9H17OP/c1-4-9(5-2,6-7-10)8-11-3/h10-11H,4-5,8H2,1-3H3. The van der Waals surface area contributed by atoms with E-state index in [4.69, 9.17) is 5.11 Å². The van der Waals surface area contributed by atoms with Crippen molar-refractivity contribution < 1.29 is 5.11 Å². The number of rotatable bonds is 4. The van der Waals surface area contributed by atoms with Crippen LogP contribution in [0.2, 0.25) is 0 Å². The predicted molar refractivity (Wildman–Crippen MR) is 51.8 cm³/mol. The lowest BCUT2D eigenvalue weighted by molar-refractivity contribution is 0.415. The average Bonchev–Trinajstić information content (AvgIpc) is 2.04. The summed E-state index contributed by atoms with van der Waals surface area (Å²) in [5.74, 6) is 2.91. The summed E-state index contributed by atoms with van der Waals surface area (Å²) in [5.41, 5.74) is 0.0853. The van der Waals surface area contributed by atoms with Gasteiger partial charge in [-0.3, -0.25) is 0 Å². The molecule has 0 radical (unpaired) electrons. The molecule has 0 amide bonds. The fraction of sp³-hybridized carbons (Fsp3) is 0.778. The third-order valence-corrected chi connectivity index (χ3v) is 3.22. The molecule has 0 aromatic heterocycles. The molecule has 1 nitrogen and oxygen atoms in total. The normalized spacial score (nSPS) is 11.5. The van der Waals surface area contributed by atoms with Crippen molar-refractivity contribution in [3.05, 3.63) is 0 Å². The Hall–Kier alpha value is -0.210. The summed E-state index contributed by atoms with van der Waals surface area (Å²) in [4.78, 5) is 0. The minimum Gasteiger partial charge on any atom is -0.462 e. The SMILES string of the molecule is CCC(C#CO)(CC)CPC. The third-order valence-electron chi connectivity index (χ3n) is 2.19. The summed E-state index contributed by atoms with van der Waals surface area (Å²) < 4.78 is 0. The van der Waals surface area contributed by atoms with Gasteiger partial charge >= 0.3 is 0 Å². The lowest BCUT2D eigenvalue weighted by atomic mass is 9.85. The Morgan fingerprint density at radius 1 is 1.36 bits per heavy atom. The van der Waals surface area contributed by atoms with Gasteiger partial charge in [0.25, 0.3) is 0 Å². The first-order chi connectivity index (χ1) is 5.24. The van der Waals surface area contributed by atoms with E-state index in [0.717, 1.165) is 27.6 Å². The van der Waals surface area contributed by atoms with E-state index in [1.165, 1.54) is 0 Å². The highest BCUT2D eigenvalue weighted by atomic mass is 31.1. The molecule has 0 aromatic rings. The van der Waals surface area contributed by atoms with Gasteiger partial charge in [0.2, 0.25) is 0 Å². The second-order valence-corrected chi connectivity index (χ2v) is 3.82. The molecule has 0 fully saturated rings. The van der Waals surface area contributed by atoms with Crippen molar-refractivity contribution in [1.82, 2.24) is 0 Å². The van der Waals surface area contributed by atoms with Gasteiger partial charge in [0.1, 0.15) is 6.11 Å². The van der Waals surface area contributed by atoms with E-state index in [2.05, 4.69) is 26.4 Å². The summed E-state index contributed by atoms with van der Waals surface area (Å²) in [6.07, 6.45) is 5.25. The number of aliphatic hydroxyl groups is 1. The maximum Gasteiger partial charge on any atom is 0.108 e. The first-order valence-corrected chi connectivity index (χ1v) is 5.76. The molecule has 11 heavy (non-hydrogen) atoms. The van der Waals surface area contributed by atoms with E-state index >= 15 is 0 Å². The van der Waals surface area contributed by atoms with Crippen LogP contribution in [0.4, 0.5) is 0 Å². The van der Waals surface area contributed by atoms with Crippen molar-refractivity contribution in [1.29, 1.82) is 0 Å². The van der Waals surface area contributed by atoms with Crippen LogP contribution < -0.4 is 0 Å². The van der Waals surface area contributed by atoms with Gasteiger partial charge in [-0.2, -0.15) is 0 Å². The molecule has 0 spiro atoms. The molecule has 0 aliphatic carbocycles. The topological polar surface area (TPSA) is 20.2 Å². The smallest absolute Gasteiger partial charge is 0.108 e. The van der Waals surface area contributed by atoms with Gasteiger partial charge in [0.15, 0.2) is 0 Å². The van der Waals surface area contributed by atoms with Gasteiger partial charge in [0, 0.05) is 5.41 Å². The Morgan fingerprint density at radius 2 is 1.91 bits per heavy atom. The Kier molecular flexibility index (Phi) is 5.34. The van der Waals surface area contributed by atoms with Crippen LogP contribution in [0.15, 0.2) is 0 Å². The predicted octanol–water partition coefficient (Wildman–Crippen LogP) is 2.43. The number of hydrogen-bond acceptors (Lipinski definition) is 1. The Morgan fingerprint density at radius 3 is 2.18 bits per heavy atom. The average molecular weight is 172 g/mol. The van der Waals surface area contributed by atoms with Crippen molar-refractivity contribution in [2.24, 2.45) is 5.41 Å². The Bertz CT molecular complexity index is 151. The zero-order valence-electron chi connectivity index (χ0n) is 7.57. The molecule has 0 saturated carbocycles. The van der Waals surface area contributed by atoms with Crippen LogP contribution in [0.5, 0.6) is 0 Å². The van der Waals surface area contributed by atoms with Gasteiger partial charge in [-0.1, -0.05) is 19.8 Å². The quantitative estimate of drug-likeness (QED) is 0.510. The highest BCUT2D eigenvalue weighted by molar-refractivity contribution is 7.37. The van der Waals surface area contributed by atoms with E-state index in [-0.39, 0.29) is 5.41 Å². The van der Waals surface area contributed by atoms with Crippen LogP contribution in [-0.4, -0.2) is 17.9 Å². The monoisotopic (exact) mass is 172 g/mol. The van der Waals surface area contributed by atoms with Crippen LogP contribution in [0.1, 0.15) is 26.7 Å². The Balaban J connectivity index is 4.28. The molecule has 1 N–H and O–H groups in total. The molecule has 64 valence electrons. The molecule has 0 aliphatic rings. The van der Waals surface area contributed by atoms with Crippen molar-refractivity contribution in [3.63, 3.8) is 0 Å². The fourth-order valence-corrected chi connectivity index (χ4v) is 2.44. The molecule has 0 bridgehead atoms. The molecule has 0 rings (SSSR count). The van der Waals surface area contributed by atoms with Crippen LogP contribution in [0.3, 0.4) is 0 Å². The maximum atomic E-state index is 8.53. The Labute approximate surface area is 71.4 Å². The highest BCUT2D eigenvalue weighted by Crippen LogP contribution is 2.31. The lowest BCUT2D eigenvalue weighted by Gasteiger charge is -2.23. The molecule has 0 heterocycles. The van der Waals surface area contributed by atoms with Gasteiger partial charge in [0.05, 0.1) is 0 Å². The second-order valence-electron chi connectivity index (χ2n) is 2.75. The van der Waals surface area contributed by atoms with Gasteiger partial charge in [-0.05, 0) is 25.7 Å². The molecular weight excluding hydrogens is 155 g/mol. The summed E-state index contributed by atoms with van der Waals surface area (Å²) in [7, 11) is 0.919. The van der Waals surface area contributed by atoms with Crippen molar-refractivity contribution in [3.8, 4) is 12.0 Å². The van der Waals surface area contributed by atoms with Gasteiger partial charge in [-0.15, -0.1) is 8.58 Å². The fourth-order valence-electron chi connectivity index (χ4n) is 1.18. The third kappa shape index (κ3) is 3.12. The van der Waals surface area contributed by atoms with E-state index in [0.29, 0.717) is 0 Å². The summed E-state index contributed by atoms with van der Waals surface area (Å²) in [6, 6.07) is 0. The van der Waals surface area contributed by atoms with E-state index in [9.17, 15) is 0 Å². The van der Waals surface area contributed by atoms with Crippen molar-refractivity contribution in [2.45, 2.75) is 26.7 Å². The van der Waals surface area contributed by atoms with Crippen LogP contribution in [-0.2, 0) is 0 Å². The highest BCUT2D eigenvalue weighted by Gasteiger charge is 2.22. The van der Waals surface area contributed by atoms with Crippen LogP contribution in [0, 0.1) is 17.4 Å². The largest absolute Gasteiger partial charge is 0.462 e. The maximum absolute atomic E-state index is 8.53. The van der Waals surface area contributed by atoms with E-state index in [1.807, 2.05) is 6.11 Å². The van der Waals surface area contributed by atoms with Gasteiger partial charge in [-0.25, -0.2) is 0 Å². The zero-order valence-corrected chi connectivity index (χ0v) is 8.57. The van der Waals surface area contributed by atoms with Crippen LogP contribution >= 0.6 is 8.58 Å². The minimum absolute atomic E-state index is 0.0853. The van der Waals surface area contributed by atoms with Crippen molar-refractivity contribution in [2.75, 3.05) is 12.8 Å². The molecular formula is C9H17OP. The summed E-state index contributed by atoms with van der Waals surface area (Å²) in [5, 5.41) is 8.53. The summed E-state index contributed by atoms with van der Waals surface area (Å²) in [6.45, 7) is 6.45. The second kappa shape index (κ2) is 5.44. The van der Waals surface area contributed by atoms with E-state index < -0.39 is 0 Å². The molecule has 1 atom stereocenters. The van der Waals surface area contributed by atoms with Gasteiger partial charge < -0.3 is 5.11 Å². The number of hydrogen-bond donors (Lipinski definition) is 1. The lowest BCUT2D eigenvalue weighted by Crippen LogP contribution is -2.18. The van der Waals surface area contributed by atoms with Crippen LogP contribution in [0.25, 0.3) is 0 Å². The molecule has 0 saturated heterocycles. The molecule has 0 aromatic carbocycles. The summed E-state index contributed by atoms with van der Waals surface area (Å²) >= 11 is 0. The molecule has 1 unspecified atom stereocenters. The minimum atomic E-state index is 0.0853.